The third-order valence-corrected chi connectivity index (χ3v) is 4.28. The number of aliphatic imine (C=N–C) groups is 1. The standard InChI is InChI=1S/C21H29N3O2/c1-4-16-5-7-17(8-6-16)11-13-23-21(22)24-14-12-18-9-10-19(25-2)20(15-18)26-3/h5-10,15H,4,11-14H2,1-3H3,(H3,22,23,24). The summed E-state index contributed by atoms with van der Waals surface area (Å²) in [5.41, 5.74) is 9.73. The van der Waals surface area contributed by atoms with Gasteiger partial charge in [0.1, 0.15) is 0 Å². The third-order valence-electron chi connectivity index (χ3n) is 4.28. The van der Waals surface area contributed by atoms with E-state index >= 15 is 0 Å². The van der Waals surface area contributed by atoms with Crippen LogP contribution in [0.3, 0.4) is 0 Å². The van der Waals surface area contributed by atoms with Gasteiger partial charge in [0.15, 0.2) is 17.5 Å². The lowest BCUT2D eigenvalue weighted by Gasteiger charge is -2.10. The van der Waals surface area contributed by atoms with Gasteiger partial charge in [0.25, 0.3) is 0 Å². The van der Waals surface area contributed by atoms with E-state index in [4.69, 9.17) is 15.2 Å². The van der Waals surface area contributed by atoms with Crippen molar-refractivity contribution in [1.82, 2.24) is 5.32 Å². The van der Waals surface area contributed by atoms with Crippen molar-refractivity contribution in [3.05, 3.63) is 59.2 Å². The van der Waals surface area contributed by atoms with Crippen molar-refractivity contribution in [2.24, 2.45) is 10.7 Å². The lowest BCUT2D eigenvalue weighted by molar-refractivity contribution is 0.354. The first-order chi connectivity index (χ1) is 12.7. The Morgan fingerprint density at radius 3 is 2.23 bits per heavy atom. The number of methoxy groups -OCH3 is 2. The summed E-state index contributed by atoms with van der Waals surface area (Å²) >= 11 is 0. The molecule has 0 bridgehead atoms. The molecule has 0 saturated heterocycles. The Bertz CT molecular complexity index is 712. The second-order valence-electron chi connectivity index (χ2n) is 6.05. The van der Waals surface area contributed by atoms with Gasteiger partial charge < -0.3 is 20.5 Å². The van der Waals surface area contributed by atoms with E-state index in [2.05, 4.69) is 41.5 Å². The zero-order valence-electron chi connectivity index (χ0n) is 15.9. The topological polar surface area (TPSA) is 68.9 Å². The smallest absolute Gasteiger partial charge is 0.188 e. The summed E-state index contributed by atoms with van der Waals surface area (Å²) in [4.78, 5) is 4.39. The van der Waals surface area contributed by atoms with Crippen LogP contribution in [-0.2, 0) is 19.3 Å². The molecular formula is C21H29N3O2. The first kappa shape index (κ1) is 19.6. The average Bonchev–Trinajstić information content (AvgIpc) is 2.68. The van der Waals surface area contributed by atoms with E-state index in [0.29, 0.717) is 12.5 Å². The molecule has 2 aromatic carbocycles. The lowest BCUT2D eigenvalue weighted by Crippen LogP contribution is -2.33. The summed E-state index contributed by atoms with van der Waals surface area (Å²) in [6.07, 6.45) is 2.78. The SMILES string of the molecule is CCc1ccc(CCN=C(N)NCCc2ccc(OC)c(OC)c2)cc1. The molecule has 5 nitrogen and oxygen atoms in total. The molecule has 140 valence electrons. The number of hydrogen-bond acceptors (Lipinski definition) is 3. The van der Waals surface area contributed by atoms with E-state index in [1.54, 1.807) is 14.2 Å². The molecule has 0 unspecified atom stereocenters. The highest BCUT2D eigenvalue weighted by molar-refractivity contribution is 5.77. The van der Waals surface area contributed by atoms with Crippen LogP contribution in [0.15, 0.2) is 47.5 Å². The summed E-state index contributed by atoms with van der Waals surface area (Å²) in [5.74, 6) is 1.95. The molecule has 2 aromatic rings. The predicted octanol–water partition coefficient (Wildman–Crippen LogP) is 2.96. The minimum Gasteiger partial charge on any atom is -0.493 e. The first-order valence-electron chi connectivity index (χ1n) is 8.98. The molecule has 0 radical (unpaired) electrons. The van der Waals surface area contributed by atoms with Crippen LogP contribution < -0.4 is 20.5 Å². The molecule has 5 heteroatoms. The lowest BCUT2D eigenvalue weighted by atomic mass is 10.1. The zero-order chi connectivity index (χ0) is 18.8. The molecule has 0 heterocycles. The number of guanidine groups is 1. The van der Waals surface area contributed by atoms with Crippen LogP contribution in [0, 0.1) is 0 Å². The molecule has 0 aliphatic rings. The van der Waals surface area contributed by atoms with Gasteiger partial charge in [-0.15, -0.1) is 0 Å². The highest BCUT2D eigenvalue weighted by Crippen LogP contribution is 2.27. The number of nitrogens with zero attached hydrogens (tertiary/aromatic N) is 1. The Morgan fingerprint density at radius 2 is 1.58 bits per heavy atom. The van der Waals surface area contributed by atoms with Gasteiger partial charge in [-0.1, -0.05) is 37.3 Å². The molecule has 0 amide bonds. The molecule has 3 N–H and O–H groups in total. The second-order valence-corrected chi connectivity index (χ2v) is 6.05. The normalized spacial score (nSPS) is 11.3. The Labute approximate surface area is 156 Å². The van der Waals surface area contributed by atoms with E-state index in [-0.39, 0.29) is 0 Å². The van der Waals surface area contributed by atoms with Crippen LogP contribution in [-0.4, -0.2) is 33.3 Å². The van der Waals surface area contributed by atoms with Crippen LogP contribution in [0.1, 0.15) is 23.6 Å². The van der Waals surface area contributed by atoms with Crippen molar-refractivity contribution in [1.29, 1.82) is 0 Å². The molecular weight excluding hydrogens is 326 g/mol. The van der Waals surface area contributed by atoms with Gasteiger partial charge in [0, 0.05) is 13.1 Å². The maximum Gasteiger partial charge on any atom is 0.188 e. The summed E-state index contributed by atoms with van der Waals surface area (Å²) in [6.45, 7) is 3.56. The van der Waals surface area contributed by atoms with E-state index in [1.807, 2.05) is 18.2 Å². The van der Waals surface area contributed by atoms with Crippen molar-refractivity contribution in [2.45, 2.75) is 26.2 Å². The largest absolute Gasteiger partial charge is 0.493 e. The first-order valence-corrected chi connectivity index (χ1v) is 8.98. The third kappa shape index (κ3) is 5.99. The summed E-state index contributed by atoms with van der Waals surface area (Å²) in [7, 11) is 3.27. The number of rotatable bonds is 9. The fourth-order valence-electron chi connectivity index (χ4n) is 2.67. The monoisotopic (exact) mass is 355 g/mol. The van der Waals surface area contributed by atoms with Gasteiger partial charge in [-0.3, -0.25) is 4.99 Å². The molecule has 0 aliphatic heterocycles. The Morgan fingerprint density at radius 1 is 0.923 bits per heavy atom. The van der Waals surface area contributed by atoms with Crippen LogP contribution >= 0.6 is 0 Å². The van der Waals surface area contributed by atoms with Gasteiger partial charge in [-0.05, 0) is 48.1 Å². The van der Waals surface area contributed by atoms with Crippen LogP contribution in [0.4, 0.5) is 0 Å². The molecule has 0 atom stereocenters. The Hall–Kier alpha value is -2.69. The van der Waals surface area contributed by atoms with Gasteiger partial charge in [0.05, 0.1) is 14.2 Å². The van der Waals surface area contributed by atoms with Crippen molar-refractivity contribution >= 4 is 5.96 Å². The fraction of sp³-hybridized carbons (Fsp3) is 0.381. The average molecular weight is 355 g/mol. The molecule has 0 aromatic heterocycles. The quantitative estimate of drug-likeness (QED) is 0.536. The number of nitrogens with two attached hydrogens (primary N) is 1. The van der Waals surface area contributed by atoms with Gasteiger partial charge >= 0.3 is 0 Å². The van der Waals surface area contributed by atoms with Crippen LogP contribution in [0.25, 0.3) is 0 Å². The van der Waals surface area contributed by atoms with E-state index in [0.717, 1.165) is 42.9 Å². The van der Waals surface area contributed by atoms with E-state index < -0.39 is 0 Å². The van der Waals surface area contributed by atoms with E-state index in [9.17, 15) is 0 Å². The second kappa shape index (κ2) is 10.3. The number of hydrogen-bond donors (Lipinski definition) is 2. The molecule has 2 rings (SSSR count). The molecule has 0 saturated carbocycles. The maximum absolute atomic E-state index is 5.94. The molecule has 0 aliphatic carbocycles. The van der Waals surface area contributed by atoms with Crippen molar-refractivity contribution in [3.63, 3.8) is 0 Å². The number of ether oxygens (including phenoxy) is 2. The van der Waals surface area contributed by atoms with Crippen molar-refractivity contribution in [3.8, 4) is 11.5 Å². The minimum absolute atomic E-state index is 0.482. The highest BCUT2D eigenvalue weighted by atomic mass is 16.5. The van der Waals surface area contributed by atoms with Crippen molar-refractivity contribution in [2.75, 3.05) is 27.3 Å². The highest BCUT2D eigenvalue weighted by Gasteiger charge is 2.04. The van der Waals surface area contributed by atoms with Gasteiger partial charge in [0.2, 0.25) is 0 Å². The number of nitrogens with one attached hydrogen (secondary N) is 1. The fourth-order valence-corrected chi connectivity index (χ4v) is 2.67. The van der Waals surface area contributed by atoms with Crippen LogP contribution in [0.5, 0.6) is 11.5 Å². The summed E-state index contributed by atoms with van der Waals surface area (Å²) < 4.78 is 10.6. The zero-order valence-corrected chi connectivity index (χ0v) is 15.9. The molecule has 26 heavy (non-hydrogen) atoms. The number of aryl methyl sites for hydroxylation is 1. The Balaban J connectivity index is 1.75. The Kier molecular flexibility index (Phi) is 7.80. The van der Waals surface area contributed by atoms with Gasteiger partial charge in [-0.2, -0.15) is 0 Å². The van der Waals surface area contributed by atoms with Crippen molar-refractivity contribution < 1.29 is 9.47 Å². The number of benzene rings is 2. The summed E-state index contributed by atoms with van der Waals surface area (Å²) in [5, 5.41) is 3.16. The van der Waals surface area contributed by atoms with Gasteiger partial charge in [-0.25, -0.2) is 0 Å². The maximum atomic E-state index is 5.94. The minimum atomic E-state index is 0.482. The molecule has 0 spiro atoms. The van der Waals surface area contributed by atoms with Crippen LogP contribution in [0.2, 0.25) is 0 Å². The predicted molar refractivity (Wildman–Crippen MR) is 107 cm³/mol. The summed E-state index contributed by atoms with van der Waals surface area (Å²) in [6, 6.07) is 14.6. The molecule has 0 fully saturated rings. The van der Waals surface area contributed by atoms with E-state index in [1.165, 1.54) is 11.1 Å².